The Labute approximate surface area is 100 Å². The summed E-state index contributed by atoms with van der Waals surface area (Å²) in [5.41, 5.74) is 0.937. The molecule has 0 aliphatic rings. The molecule has 0 saturated carbocycles. The first-order valence-corrected chi connectivity index (χ1v) is 5.97. The van der Waals surface area contributed by atoms with Gasteiger partial charge >= 0.3 is 0 Å². The van der Waals surface area contributed by atoms with Gasteiger partial charge in [-0.15, -0.1) is 0 Å². The normalized spacial score (nSPS) is 9.12. The van der Waals surface area contributed by atoms with Gasteiger partial charge in [-0.25, -0.2) is 0 Å². The molecule has 0 N–H and O–H groups in total. The zero-order valence-electron chi connectivity index (χ0n) is 9.45. The third-order valence-corrected chi connectivity index (χ3v) is 2.65. The molecule has 1 rings (SSSR count). The SMILES string of the molecule is COc1cccc(C#CCCSC(C)=O)c1. The topological polar surface area (TPSA) is 26.3 Å². The van der Waals surface area contributed by atoms with Gasteiger partial charge in [0.15, 0.2) is 5.12 Å². The first-order valence-electron chi connectivity index (χ1n) is 4.98. The lowest BCUT2D eigenvalue weighted by Gasteiger charge is -1.98. The number of benzene rings is 1. The lowest BCUT2D eigenvalue weighted by molar-refractivity contribution is -0.109. The van der Waals surface area contributed by atoms with Crippen LogP contribution in [-0.4, -0.2) is 18.0 Å². The second-order valence-corrected chi connectivity index (χ2v) is 4.40. The molecular weight excluding hydrogens is 220 g/mol. The van der Waals surface area contributed by atoms with E-state index in [1.54, 1.807) is 14.0 Å². The molecule has 0 spiro atoms. The third kappa shape index (κ3) is 4.90. The average Bonchev–Trinajstić information content (AvgIpc) is 2.28. The van der Waals surface area contributed by atoms with Crippen LogP contribution in [-0.2, 0) is 4.79 Å². The van der Waals surface area contributed by atoms with Gasteiger partial charge in [-0.05, 0) is 18.2 Å². The van der Waals surface area contributed by atoms with E-state index in [0.717, 1.165) is 23.5 Å². The fourth-order valence-electron chi connectivity index (χ4n) is 1.11. The molecular formula is C13H14O2S. The van der Waals surface area contributed by atoms with Crippen LogP contribution in [0.15, 0.2) is 24.3 Å². The molecule has 0 aliphatic heterocycles. The monoisotopic (exact) mass is 234 g/mol. The number of hydrogen-bond acceptors (Lipinski definition) is 3. The summed E-state index contributed by atoms with van der Waals surface area (Å²) in [6.07, 6.45) is 0.724. The Bertz CT molecular complexity index is 415. The molecule has 0 unspecified atom stereocenters. The van der Waals surface area contributed by atoms with Crippen molar-refractivity contribution in [2.24, 2.45) is 0 Å². The first-order chi connectivity index (χ1) is 7.72. The van der Waals surface area contributed by atoms with Crippen LogP contribution in [0.1, 0.15) is 18.9 Å². The Kier molecular flexibility index (Phi) is 5.52. The van der Waals surface area contributed by atoms with Crippen molar-refractivity contribution in [2.75, 3.05) is 12.9 Å². The lowest BCUT2D eigenvalue weighted by atomic mass is 10.2. The number of carbonyl (C=O) groups excluding carboxylic acids is 1. The predicted octanol–water partition coefficient (Wildman–Crippen LogP) is 2.72. The average molecular weight is 234 g/mol. The smallest absolute Gasteiger partial charge is 0.185 e. The van der Waals surface area contributed by atoms with E-state index < -0.39 is 0 Å². The van der Waals surface area contributed by atoms with E-state index in [4.69, 9.17) is 4.74 Å². The number of ether oxygens (including phenoxy) is 1. The molecule has 0 aromatic heterocycles. The summed E-state index contributed by atoms with van der Waals surface area (Å²) < 4.78 is 5.10. The number of hydrogen-bond donors (Lipinski definition) is 0. The molecule has 1 aromatic carbocycles. The quantitative estimate of drug-likeness (QED) is 0.594. The first kappa shape index (κ1) is 12.7. The van der Waals surface area contributed by atoms with Gasteiger partial charge in [-0.1, -0.05) is 29.7 Å². The van der Waals surface area contributed by atoms with E-state index in [-0.39, 0.29) is 5.12 Å². The maximum atomic E-state index is 10.7. The fourth-order valence-corrected chi connectivity index (χ4v) is 1.60. The standard InChI is InChI=1S/C13H14O2S/c1-11(14)16-9-4-3-6-12-7-5-8-13(10-12)15-2/h5,7-8,10H,4,9H2,1-2H3. The highest BCUT2D eigenvalue weighted by Gasteiger charge is 1.92. The van der Waals surface area contributed by atoms with Crippen LogP contribution in [0.4, 0.5) is 0 Å². The van der Waals surface area contributed by atoms with Crippen LogP contribution in [0.3, 0.4) is 0 Å². The highest BCUT2D eigenvalue weighted by Crippen LogP contribution is 2.11. The molecule has 2 nitrogen and oxygen atoms in total. The van der Waals surface area contributed by atoms with Crippen LogP contribution < -0.4 is 4.74 Å². The summed E-state index contributed by atoms with van der Waals surface area (Å²) in [4.78, 5) is 10.7. The molecule has 84 valence electrons. The Morgan fingerprint density at radius 1 is 1.50 bits per heavy atom. The third-order valence-electron chi connectivity index (χ3n) is 1.83. The van der Waals surface area contributed by atoms with Gasteiger partial charge in [0.2, 0.25) is 0 Å². The van der Waals surface area contributed by atoms with E-state index in [9.17, 15) is 4.79 Å². The molecule has 0 saturated heterocycles. The largest absolute Gasteiger partial charge is 0.497 e. The summed E-state index contributed by atoms with van der Waals surface area (Å²) in [6.45, 7) is 1.57. The molecule has 0 atom stereocenters. The molecule has 0 amide bonds. The van der Waals surface area contributed by atoms with Crippen molar-refractivity contribution >= 4 is 16.9 Å². The number of rotatable bonds is 3. The minimum atomic E-state index is 0.142. The summed E-state index contributed by atoms with van der Waals surface area (Å²) in [7, 11) is 1.63. The molecule has 1 aromatic rings. The fraction of sp³-hybridized carbons (Fsp3) is 0.308. The minimum absolute atomic E-state index is 0.142. The zero-order chi connectivity index (χ0) is 11.8. The zero-order valence-corrected chi connectivity index (χ0v) is 10.3. The van der Waals surface area contributed by atoms with Gasteiger partial charge in [0.05, 0.1) is 7.11 Å². The van der Waals surface area contributed by atoms with E-state index >= 15 is 0 Å². The van der Waals surface area contributed by atoms with E-state index in [1.807, 2.05) is 24.3 Å². The molecule has 0 radical (unpaired) electrons. The van der Waals surface area contributed by atoms with Crippen LogP contribution in [0.25, 0.3) is 0 Å². The predicted molar refractivity (Wildman–Crippen MR) is 67.6 cm³/mol. The Hall–Kier alpha value is -1.40. The Morgan fingerprint density at radius 3 is 3.00 bits per heavy atom. The van der Waals surface area contributed by atoms with Crippen molar-refractivity contribution in [2.45, 2.75) is 13.3 Å². The summed E-state index contributed by atoms with van der Waals surface area (Å²) in [5, 5.41) is 0.142. The Morgan fingerprint density at radius 2 is 2.31 bits per heavy atom. The summed E-state index contributed by atoms with van der Waals surface area (Å²) >= 11 is 1.31. The van der Waals surface area contributed by atoms with Crippen molar-refractivity contribution in [1.29, 1.82) is 0 Å². The number of methoxy groups -OCH3 is 1. The molecule has 0 aliphatic carbocycles. The summed E-state index contributed by atoms with van der Waals surface area (Å²) in [5.74, 6) is 7.63. The van der Waals surface area contributed by atoms with Gasteiger partial charge in [0, 0.05) is 24.7 Å². The van der Waals surface area contributed by atoms with Gasteiger partial charge < -0.3 is 4.74 Å². The van der Waals surface area contributed by atoms with Gasteiger partial charge in [0.25, 0.3) is 0 Å². The second kappa shape index (κ2) is 6.97. The second-order valence-electron chi connectivity index (χ2n) is 3.12. The molecule has 0 bridgehead atoms. The Balaban J connectivity index is 2.46. The molecule has 0 fully saturated rings. The minimum Gasteiger partial charge on any atom is -0.497 e. The highest BCUT2D eigenvalue weighted by molar-refractivity contribution is 8.13. The van der Waals surface area contributed by atoms with E-state index in [2.05, 4.69) is 11.8 Å². The van der Waals surface area contributed by atoms with Crippen molar-refractivity contribution in [3.8, 4) is 17.6 Å². The van der Waals surface area contributed by atoms with Gasteiger partial charge in [0.1, 0.15) is 5.75 Å². The molecule has 16 heavy (non-hydrogen) atoms. The molecule has 3 heteroatoms. The maximum absolute atomic E-state index is 10.7. The van der Waals surface area contributed by atoms with Crippen molar-refractivity contribution in [3.63, 3.8) is 0 Å². The number of carbonyl (C=O) groups is 1. The van der Waals surface area contributed by atoms with Crippen LogP contribution in [0.5, 0.6) is 5.75 Å². The van der Waals surface area contributed by atoms with Gasteiger partial charge in [-0.2, -0.15) is 0 Å². The van der Waals surface area contributed by atoms with Crippen LogP contribution in [0.2, 0.25) is 0 Å². The van der Waals surface area contributed by atoms with Crippen LogP contribution >= 0.6 is 11.8 Å². The van der Waals surface area contributed by atoms with Crippen molar-refractivity contribution < 1.29 is 9.53 Å². The summed E-state index contributed by atoms with van der Waals surface area (Å²) in [6, 6.07) is 7.63. The van der Waals surface area contributed by atoms with Gasteiger partial charge in [-0.3, -0.25) is 4.79 Å². The lowest BCUT2D eigenvalue weighted by Crippen LogP contribution is -1.85. The van der Waals surface area contributed by atoms with Crippen molar-refractivity contribution in [1.82, 2.24) is 0 Å². The highest BCUT2D eigenvalue weighted by atomic mass is 32.2. The van der Waals surface area contributed by atoms with Crippen molar-refractivity contribution in [3.05, 3.63) is 29.8 Å². The van der Waals surface area contributed by atoms with E-state index in [1.165, 1.54) is 11.8 Å². The number of thioether (sulfide) groups is 1. The maximum Gasteiger partial charge on any atom is 0.185 e. The van der Waals surface area contributed by atoms with Crippen LogP contribution in [0, 0.1) is 11.8 Å². The van der Waals surface area contributed by atoms with E-state index in [0.29, 0.717) is 0 Å². The molecule has 0 heterocycles.